The van der Waals surface area contributed by atoms with Gasteiger partial charge >= 0.3 is 5.63 Å². The van der Waals surface area contributed by atoms with Crippen LogP contribution >= 0.6 is 0 Å². The van der Waals surface area contributed by atoms with Crippen LogP contribution < -0.4 is 15.3 Å². The summed E-state index contributed by atoms with van der Waals surface area (Å²) in [6.45, 7) is 8.61. The molecule has 0 unspecified atom stereocenters. The van der Waals surface area contributed by atoms with Gasteiger partial charge in [0.25, 0.3) is 0 Å². The summed E-state index contributed by atoms with van der Waals surface area (Å²) in [5.41, 5.74) is 2.74. The van der Waals surface area contributed by atoms with Gasteiger partial charge in [0.15, 0.2) is 0 Å². The van der Waals surface area contributed by atoms with E-state index in [-0.39, 0.29) is 5.63 Å². The van der Waals surface area contributed by atoms with E-state index in [9.17, 15) is 4.79 Å². The first kappa shape index (κ1) is 17.1. The van der Waals surface area contributed by atoms with E-state index in [1.165, 1.54) is 0 Å². The SMILES string of the molecule is CCOc1ccc(-c2cc3ccc(N(CC)CC)cc3oc2=O)cc1. The number of fused-ring (bicyclic) bond motifs is 1. The van der Waals surface area contributed by atoms with Crippen molar-refractivity contribution >= 4 is 16.7 Å². The fourth-order valence-electron chi connectivity index (χ4n) is 2.98. The van der Waals surface area contributed by atoms with Crippen LogP contribution in [0.1, 0.15) is 20.8 Å². The molecule has 0 aliphatic carbocycles. The average molecular weight is 337 g/mol. The van der Waals surface area contributed by atoms with E-state index in [1.54, 1.807) is 0 Å². The molecule has 25 heavy (non-hydrogen) atoms. The lowest BCUT2D eigenvalue weighted by Crippen LogP contribution is -2.21. The minimum atomic E-state index is -0.326. The van der Waals surface area contributed by atoms with Gasteiger partial charge in [-0.1, -0.05) is 12.1 Å². The lowest BCUT2D eigenvalue weighted by Gasteiger charge is -2.21. The predicted molar refractivity (Wildman–Crippen MR) is 103 cm³/mol. The Morgan fingerprint density at radius 1 is 0.960 bits per heavy atom. The topological polar surface area (TPSA) is 42.7 Å². The number of hydrogen-bond donors (Lipinski definition) is 0. The summed E-state index contributed by atoms with van der Waals surface area (Å²) in [4.78, 5) is 14.7. The second-order valence-electron chi connectivity index (χ2n) is 5.80. The quantitative estimate of drug-likeness (QED) is 0.611. The molecule has 3 rings (SSSR count). The fourth-order valence-corrected chi connectivity index (χ4v) is 2.98. The highest BCUT2D eigenvalue weighted by Gasteiger charge is 2.10. The lowest BCUT2D eigenvalue weighted by molar-refractivity contribution is 0.340. The molecule has 4 nitrogen and oxygen atoms in total. The molecule has 0 N–H and O–H groups in total. The van der Waals surface area contributed by atoms with Gasteiger partial charge in [-0.15, -0.1) is 0 Å². The van der Waals surface area contributed by atoms with Gasteiger partial charge in [-0.25, -0.2) is 4.79 Å². The van der Waals surface area contributed by atoms with E-state index in [0.29, 0.717) is 17.8 Å². The highest BCUT2D eigenvalue weighted by molar-refractivity contribution is 5.84. The van der Waals surface area contributed by atoms with Gasteiger partial charge in [0.1, 0.15) is 11.3 Å². The molecule has 0 saturated heterocycles. The third-order valence-electron chi connectivity index (χ3n) is 4.32. The Labute approximate surface area is 147 Å². The van der Waals surface area contributed by atoms with Crippen LogP contribution in [-0.4, -0.2) is 19.7 Å². The third-order valence-corrected chi connectivity index (χ3v) is 4.32. The molecular formula is C21H23NO3. The number of hydrogen-bond acceptors (Lipinski definition) is 4. The largest absolute Gasteiger partial charge is 0.494 e. The van der Waals surface area contributed by atoms with Crippen LogP contribution in [0.15, 0.2) is 57.7 Å². The van der Waals surface area contributed by atoms with Gasteiger partial charge in [-0.3, -0.25) is 0 Å². The zero-order valence-electron chi connectivity index (χ0n) is 14.9. The van der Waals surface area contributed by atoms with Crippen LogP contribution in [0.4, 0.5) is 5.69 Å². The maximum atomic E-state index is 12.5. The van der Waals surface area contributed by atoms with Crippen LogP contribution in [0, 0.1) is 0 Å². The van der Waals surface area contributed by atoms with Crippen molar-refractivity contribution < 1.29 is 9.15 Å². The van der Waals surface area contributed by atoms with Gasteiger partial charge < -0.3 is 14.1 Å². The second-order valence-corrected chi connectivity index (χ2v) is 5.80. The molecule has 0 aliphatic rings. The second kappa shape index (κ2) is 7.43. The molecule has 0 fully saturated rings. The lowest BCUT2D eigenvalue weighted by atomic mass is 10.1. The third kappa shape index (κ3) is 3.53. The molecule has 0 saturated carbocycles. The first-order valence-electron chi connectivity index (χ1n) is 8.72. The molecule has 0 aliphatic heterocycles. The summed E-state index contributed by atoms with van der Waals surface area (Å²) in [6, 6.07) is 15.4. The Morgan fingerprint density at radius 3 is 2.32 bits per heavy atom. The summed E-state index contributed by atoms with van der Waals surface area (Å²) in [7, 11) is 0. The molecule has 0 radical (unpaired) electrons. The first-order chi connectivity index (χ1) is 12.2. The highest BCUT2D eigenvalue weighted by Crippen LogP contribution is 2.26. The van der Waals surface area contributed by atoms with Gasteiger partial charge in [0, 0.05) is 30.2 Å². The normalized spacial score (nSPS) is 10.8. The number of benzene rings is 2. The van der Waals surface area contributed by atoms with E-state index in [4.69, 9.17) is 9.15 Å². The number of ether oxygens (including phenoxy) is 1. The fraction of sp³-hybridized carbons (Fsp3) is 0.286. The summed E-state index contributed by atoms with van der Waals surface area (Å²) < 4.78 is 11.0. The van der Waals surface area contributed by atoms with E-state index in [1.807, 2.05) is 49.4 Å². The smallest absolute Gasteiger partial charge is 0.344 e. The molecule has 4 heteroatoms. The van der Waals surface area contributed by atoms with E-state index in [0.717, 1.165) is 35.5 Å². The van der Waals surface area contributed by atoms with Crippen LogP contribution in [-0.2, 0) is 0 Å². The monoisotopic (exact) mass is 337 g/mol. The van der Waals surface area contributed by atoms with Crippen molar-refractivity contribution in [1.29, 1.82) is 0 Å². The van der Waals surface area contributed by atoms with Gasteiger partial charge in [0.05, 0.1) is 12.2 Å². The molecule has 0 spiro atoms. The molecule has 130 valence electrons. The Balaban J connectivity index is 2.02. The van der Waals surface area contributed by atoms with Crippen molar-refractivity contribution in [2.45, 2.75) is 20.8 Å². The van der Waals surface area contributed by atoms with Crippen LogP contribution in [0.2, 0.25) is 0 Å². The number of anilines is 1. The Morgan fingerprint density at radius 2 is 1.68 bits per heavy atom. The number of nitrogens with zero attached hydrogens (tertiary/aromatic N) is 1. The minimum absolute atomic E-state index is 0.326. The van der Waals surface area contributed by atoms with Crippen molar-refractivity contribution in [3.8, 4) is 16.9 Å². The van der Waals surface area contributed by atoms with Crippen LogP contribution in [0.25, 0.3) is 22.1 Å². The average Bonchev–Trinajstić information content (AvgIpc) is 2.63. The Kier molecular flexibility index (Phi) is 5.08. The minimum Gasteiger partial charge on any atom is -0.494 e. The molecule has 1 aromatic heterocycles. The van der Waals surface area contributed by atoms with Gasteiger partial charge in [-0.05, 0) is 56.7 Å². The predicted octanol–water partition coefficient (Wildman–Crippen LogP) is 4.70. The Bertz CT molecular complexity index is 909. The van der Waals surface area contributed by atoms with Crippen molar-refractivity contribution in [2.24, 2.45) is 0 Å². The molecule has 0 bridgehead atoms. The molecule has 3 aromatic rings. The summed E-state index contributed by atoms with van der Waals surface area (Å²) in [5.74, 6) is 0.792. The van der Waals surface area contributed by atoms with Crippen molar-refractivity contribution in [1.82, 2.24) is 0 Å². The first-order valence-corrected chi connectivity index (χ1v) is 8.72. The van der Waals surface area contributed by atoms with Crippen LogP contribution in [0.3, 0.4) is 0 Å². The van der Waals surface area contributed by atoms with Crippen molar-refractivity contribution in [2.75, 3.05) is 24.6 Å². The zero-order valence-corrected chi connectivity index (χ0v) is 14.9. The van der Waals surface area contributed by atoms with Crippen molar-refractivity contribution in [3.05, 3.63) is 59.0 Å². The Hall–Kier alpha value is -2.75. The van der Waals surface area contributed by atoms with E-state index in [2.05, 4.69) is 24.8 Å². The van der Waals surface area contributed by atoms with E-state index >= 15 is 0 Å². The summed E-state index contributed by atoms with van der Waals surface area (Å²) >= 11 is 0. The molecular weight excluding hydrogens is 314 g/mol. The van der Waals surface area contributed by atoms with Crippen LogP contribution in [0.5, 0.6) is 5.75 Å². The van der Waals surface area contributed by atoms with Gasteiger partial charge in [-0.2, -0.15) is 0 Å². The summed E-state index contributed by atoms with van der Waals surface area (Å²) in [6.07, 6.45) is 0. The highest BCUT2D eigenvalue weighted by atomic mass is 16.5. The van der Waals surface area contributed by atoms with Crippen molar-refractivity contribution in [3.63, 3.8) is 0 Å². The molecule has 1 heterocycles. The maximum Gasteiger partial charge on any atom is 0.344 e. The molecule has 0 amide bonds. The van der Waals surface area contributed by atoms with Gasteiger partial charge in [0.2, 0.25) is 0 Å². The maximum absolute atomic E-state index is 12.5. The molecule has 2 aromatic carbocycles. The standard InChI is InChI=1S/C21H23NO3/c1-4-22(5-2)17-10-7-16-13-19(21(23)25-20(16)14-17)15-8-11-18(12-9-15)24-6-3/h7-14H,4-6H2,1-3H3. The summed E-state index contributed by atoms with van der Waals surface area (Å²) in [5, 5.41) is 0.916. The zero-order chi connectivity index (χ0) is 17.8. The molecule has 0 atom stereocenters. The number of rotatable bonds is 6. The van der Waals surface area contributed by atoms with E-state index < -0.39 is 0 Å².